The van der Waals surface area contributed by atoms with Gasteiger partial charge in [-0.1, -0.05) is 18.2 Å². The highest BCUT2D eigenvalue weighted by atomic mass is 32.2. The van der Waals surface area contributed by atoms with Crippen molar-refractivity contribution in [3.05, 3.63) is 48.5 Å². The van der Waals surface area contributed by atoms with Gasteiger partial charge in [-0.25, -0.2) is 4.31 Å². The molecule has 164 valence electrons. The van der Waals surface area contributed by atoms with Gasteiger partial charge in [-0.15, -0.1) is 0 Å². The van der Waals surface area contributed by atoms with E-state index >= 15 is 0 Å². The lowest BCUT2D eigenvalue weighted by atomic mass is 9.98. The Labute approximate surface area is 163 Å². The Kier molecular flexibility index (Phi) is 7.34. The summed E-state index contributed by atoms with van der Waals surface area (Å²) in [5, 5.41) is 0. The Morgan fingerprint density at radius 1 is 1.00 bits per heavy atom. The summed E-state index contributed by atoms with van der Waals surface area (Å²) in [6.07, 6.45) is 7.26. The third-order valence-electron chi connectivity index (χ3n) is 3.14. The first kappa shape index (κ1) is 24.7. The maximum absolute atomic E-state index is 12.6. The fraction of sp³-hybridized carbons (Fsp3) is 0.357. The fourth-order valence-corrected chi connectivity index (χ4v) is 2.81. The first-order chi connectivity index (χ1) is 13.0. The number of rotatable bonds is 6. The molecule has 0 bridgehead atoms. The summed E-state index contributed by atoms with van der Waals surface area (Å²) < 4.78 is 122. The van der Waals surface area contributed by atoms with E-state index in [1.54, 1.807) is 19.0 Å². The lowest BCUT2D eigenvalue weighted by Gasteiger charge is -2.22. The van der Waals surface area contributed by atoms with Gasteiger partial charge < -0.3 is 4.90 Å². The number of allylic oxidation sites excluding steroid dienone is 5. The second-order valence-electron chi connectivity index (χ2n) is 5.62. The average Bonchev–Trinajstić information content (AvgIpc) is 2.55. The van der Waals surface area contributed by atoms with Gasteiger partial charge in [0.25, 0.3) is 0 Å². The molecule has 15 heteroatoms. The van der Waals surface area contributed by atoms with E-state index in [0.29, 0.717) is 18.6 Å². The monoisotopic (exact) mass is 467 g/mol. The molecule has 1 heterocycles. The van der Waals surface area contributed by atoms with Crippen molar-refractivity contribution in [2.75, 3.05) is 14.1 Å². The molecule has 0 aromatic rings. The van der Waals surface area contributed by atoms with Crippen molar-refractivity contribution < 1.29 is 43.2 Å². The molecule has 29 heavy (non-hydrogen) atoms. The highest BCUT2D eigenvalue weighted by Gasteiger charge is 2.49. The van der Waals surface area contributed by atoms with E-state index in [1.165, 1.54) is 18.4 Å². The minimum atomic E-state index is -5.84. The van der Waals surface area contributed by atoms with Gasteiger partial charge in [0.2, 0.25) is 0 Å². The van der Waals surface area contributed by atoms with Crippen LogP contribution in [-0.4, -0.2) is 57.4 Å². The molecule has 0 radical (unpaired) electrons. The van der Waals surface area contributed by atoms with Gasteiger partial charge in [-0.2, -0.15) is 47.6 Å². The first-order valence-corrected chi connectivity index (χ1v) is 10.2. The molecule has 0 amide bonds. The Morgan fingerprint density at radius 3 is 1.93 bits per heavy atom. The standard InChI is InChI=1S/C14H15F6N3O4S2/c1-22(2)7-3-4-12(10-21-28(24,25)13(15,16)17)11-5-8-23(9-6-11)29(26,27)14(18,19)20/h3-11H,1-2H3/b7-3+,12-4-,21-10+. The molecule has 7 nitrogen and oxygen atoms in total. The minimum absolute atomic E-state index is 0.125. The van der Waals surface area contributed by atoms with Gasteiger partial charge in [-0.05, 0) is 17.8 Å². The molecule has 0 aromatic carbocycles. The summed E-state index contributed by atoms with van der Waals surface area (Å²) in [5.74, 6) is -1.05. The lowest BCUT2D eigenvalue weighted by molar-refractivity contribution is -0.0469. The topological polar surface area (TPSA) is 87.1 Å². The van der Waals surface area contributed by atoms with Crippen molar-refractivity contribution in [1.82, 2.24) is 9.21 Å². The highest BCUT2D eigenvalue weighted by Crippen LogP contribution is 2.30. The van der Waals surface area contributed by atoms with E-state index in [1.807, 2.05) is 0 Å². The maximum Gasteiger partial charge on any atom is 0.518 e. The summed E-state index contributed by atoms with van der Waals surface area (Å²) in [6.45, 7) is 0. The molecule has 0 atom stereocenters. The van der Waals surface area contributed by atoms with E-state index in [4.69, 9.17) is 0 Å². The van der Waals surface area contributed by atoms with Gasteiger partial charge in [0, 0.05) is 38.6 Å². The van der Waals surface area contributed by atoms with Gasteiger partial charge in [0.05, 0.1) is 0 Å². The quantitative estimate of drug-likeness (QED) is 0.341. The number of nitrogens with zero attached hydrogens (tertiary/aromatic N) is 3. The average molecular weight is 467 g/mol. The molecule has 0 aromatic heterocycles. The van der Waals surface area contributed by atoms with Crippen LogP contribution < -0.4 is 0 Å². The summed E-state index contributed by atoms with van der Waals surface area (Å²) >= 11 is 0. The predicted octanol–water partition coefficient (Wildman–Crippen LogP) is 2.72. The third kappa shape index (κ3) is 6.35. The van der Waals surface area contributed by atoms with E-state index in [0.717, 1.165) is 12.2 Å². The van der Waals surface area contributed by atoms with Crippen molar-refractivity contribution in [2.24, 2.45) is 10.3 Å². The zero-order valence-electron chi connectivity index (χ0n) is 14.8. The predicted molar refractivity (Wildman–Crippen MR) is 93.0 cm³/mol. The first-order valence-electron chi connectivity index (χ1n) is 7.37. The molecule has 0 N–H and O–H groups in total. The van der Waals surface area contributed by atoms with Crippen LogP contribution in [-0.2, 0) is 20.0 Å². The molecule has 0 spiro atoms. The number of alkyl halides is 6. The van der Waals surface area contributed by atoms with Crippen molar-refractivity contribution >= 4 is 26.3 Å². The van der Waals surface area contributed by atoms with Crippen LogP contribution in [0.15, 0.2) is 52.9 Å². The van der Waals surface area contributed by atoms with Crippen molar-refractivity contribution in [3.63, 3.8) is 0 Å². The Bertz CT molecular complexity index is 944. The second-order valence-corrected chi connectivity index (χ2v) is 9.08. The summed E-state index contributed by atoms with van der Waals surface area (Å²) in [5.41, 5.74) is -11.4. The highest BCUT2D eigenvalue weighted by molar-refractivity contribution is 7.91. The number of hydrogen-bond acceptors (Lipinski definition) is 5. The normalized spacial score (nSPS) is 17.7. The summed E-state index contributed by atoms with van der Waals surface area (Å²) in [6, 6.07) is 0. The summed E-state index contributed by atoms with van der Waals surface area (Å²) in [4.78, 5) is 1.54. The molecule has 0 unspecified atom stereocenters. The van der Waals surface area contributed by atoms with Crippen LogP contribution in [0.4, 0.5) is 26.3 Å². The van der Waals surface area contributed by atoms with Crippen molar-refractivity contribution in [3.8, 4) is 0 Å². The van der Waals surface area contributed by atoms with Crippen LogP contribution in [0.3, 0.4) is 0 Å². The van der Waals surface area contributed by atoms with Gasteiger partial charge in [0.1, 0.15) is 0 Å². The molecule has 1 rings (SSSR count). The van der Waals surface area contributed by atoms with Gasteiger partial charge >= 0.3 is 31.1 Å². The van der Waals surface area contributed by atoms with Crippen LogP contribution in [0, 0.1) is 5.92 Å². The fourth-order valence-electron chi connectivity index (χ4n) is 1.73. The SMILES string of the molecule is CN(C)/C=C/C=C(/C=N/S(=O)(=O)C(F)(F)F)C1C=CN(S(=O)(=O)C(F)(F)F)C=C1. The minimum Gasteiger partial charge on any atom is -0.383 e. The molecular weight excluding hydrogens is 452 g/mol. The molecule has 0 fully saturated rings. The summed E-state index contributed by atoms with van der Waals surface area (Å²) in [7, 11) is -8.29. The van der Waals surface area contributed by atoms with E-state index in [2.05, 4.69) is 4.40 Å². The number of sulfonamides is 2. The van der Waals surface area contributed by atoms with Crippen LogP contribution in [0.5, 0.6) is 0 Å². The smallest absolute Gasteiger partial charge is 0.383 e. The molecule has 0 saturated heterocycles. The Morgan fingerprint density at radius 2 is 1.52 bits per heavy atom. The molecule has 1 aliphatic heterocycles. The van der Waals surface area contributed by atoms with Crippen LogP contribution in [0.1, 0.15) is 0 Å². The number of hydrogen-bond donors (Lipinski definition) is 0. The van der Waals surface area contributed by atoms with E-state index < -0.39 is 37.0 Å². The van der Waals surface area contributed by atoms with E-state index in [9.17, 15) is 43.2 Å². The van der Waals surface area contributed by atoms with Crippen LogP contribution in [0.2, 0.25) is 0 Å². The van der Waals surface area contributed by atoms with E-state index in [-0.39, 0.29) is 9.88 Å². The molecule has 0 aliphatic carbocycles. The lowest BCUT2D eigenvalue weighted by Crippen LogP contribution is -2.35. The van der Waals surface area contributed by atoms with Crippen molar-refractivity contribution in [2.45, 2.75) is 11.0 Å². The third-order valence-corrected chi connectivity index (χ3v) is 5.49. The Balaban J connectivity index is 3.25. The Hall–Kier alpha value is -2.29. The van der Waals surface area contributed by atoms with Gasteiger partial charge in [0.15, 0.2) is 0 Å². The van der Waals surface area contributed by atoms with Crippen LogP contribution >= 0.6 is 0 Å². The zero-order chi connectivity index (χ0) is 22.7. The zero-order valence-corrected chi connectivity index (χ0v) is 16.4. The van der Waals surface area contributed by atoms with Crippen molar-refractivity contribution in [1.29, 1.82) is 0 Å². The molecular formula is C14H15F6N3O4S2. The van der Waals surface area contributed by atoms with Crippen LogP contribution in [0.25, 0.3) is 0 Å². The van der Waals surface area contributed by atoms with Gasteiger partial charge in [-0.3, -0.25) is 0 Å². The maximum atomic E-state index is 12.6. The molecule has 1 aliphatic rings. The largest absolute Gasteiger partial charge is 0.518 e. The second kappa shape index (κ2) is 8.61. The number of halogens is 6. The molecule has 0 saturated carbocycles.